The predicted octanol–water partition coefficient (Wildman–Crippen LogP) is 4.01. The molecule has 0 spiro atoms. The van der Waals surface area contributed by atoms with Crippen molar-refractivity contribution in [3.8, 4) is 0 Å². The molecule has 0 bridgehead atoms. The summed E-state index contributed by atoms with van der Waals surface area (Å²) in [6.45, 7) is 8.04. The van der Waals surface area contributed by atoms with Gasteiger partial charge in [-0.3, -0.25) is 0 Å². The first kappa shape index (κ1) is 15.2. The molecule has 0 saturated carbocycles. The van der Waals surface area contributed by atoms with Gasteiger partial charge in [-0.05, 0) is 19.1 Å². The number of rotatable bonds is 3. The molecule has 0 saturated heterocycles. The number of aromatic nitrogens is 2. The molecule has 0 unspecified atom stereocenters. The molecule has 0 aliphatic heterocycles. The summed E-state index contributed by atoms with van der Waals surface area (Å²) in [5.41, 5.74) is 1.07. The van der Waals surface area contributed by atoms with Crippen molar-refractivity contribution in [3.63, 3.8) is 0 Å². The van der Waals surface area contributed by atoms with Gasteiger partial charge in [0.1, 0.15) is 23.3 Å². The Hall–Kier alpha value is -2.17. The molecule has 5 heteroatoms. The molecular formula is C16H21FN4. The molecule has 0 atom stereocenters. The Kier molecular flexibility index (Phi) is 4.11. The molecule has 0 aliphatic carbocycles. The van der Waals surface area contributed by atoms with Crippen LogP contribution in [0.3, 0.4) is 0 Å². The highest BCUT2D eigenvalue weighted by atomic mass is 19.1. The molecule has 4 nitrogen and oxygen atoms in total. The summed E-state index contributed by atoms with van der Waals surface area (Å²) >= 11 is 0. The first-order valence-electron chi connectivity index (χ1n) is 6.91. The van der Waals surface area contributed by atoms with Crippen molar-refractivity contribution < 1.29 is 4.39 Å². The maximum Gasteiger partial charge on any atom is 0.146 e. The Morgan fingerprint density at radius 1 is 1.05 bits per heavy atom. The van der Waals surface area contributed by atoms with Crippen molar-refractivity contribution >= 4 is 17.3 Å². The fourth-order valence-electron chi connectivity index (χ4n) is 1.91. The van der Waals surface area contributed by atoms with E-state index in [1.807, 2.05) is 34.7 Å². The average molecular weight is 288 g/mol. The standard InChI is InChI=1S/C16H21FN4/c1-10-13(18-5)20-15(16(2,3)4)21-14(10)19-12-9-7-6-8-11(12)17/h6-9H,1-5H3,(H2,18,19,20,21). The molecule has 2 N–H and O–H groups in total. The van der Waals surface area contributed by atoms with E-state index in [1.165, 1.54) is 6.07 Å². The van der Waals surface area contributed by atoms with Crippen LogP contribution in [0, 0.1) is 12.7 Å². The van der Waals surface area contributed by atoms with E-state index in [9.17, 15) is 4.39 Å². The Morgan fingerprint density at radius 2 is 1.67 bits per heavy atom. The van der Waals surface area contributed by atoms with Crippen LogP contribution in [-0.4, -0.2) is 17.0 Å². The maximum absolute atomic E-state index is 13.8. The minimum Gasteiger partial charge on any atom is -0.373 e. The molecule has 1 heterocycles. The van der Waals surface area contributed by atoms with E-state index in [0.29, 0.717) is 17.3 Å². The van der Waals surface area contributed by atoms with E-state index < -0.39 is 0 Å². The summed E-state index contributed by atoms with van der Waals surface area (Å²) < 4.78 is 13.8. The quantitative estimate of drug-likeness (QED) is 0.896. The second kappa shape index (κ2) is 5.68. The zero-order chi connectivity index (χ0) is 15.6. The summed E-state index contributed by atoms with van der Waals surface area (Å²) in [7, 11) is 1.81. The third kappa shape index (κ3) is 3.29. The van der Waals surface area contributed by atoms with E-state index >= 15 is 0 Å². The Balaban J connectivity index is 2.50. The van der Waals surface area contributed by atoms with Gasteiger partial charge in [0.05, 0.1) is 5.69 Å². The first-order valence-corrected chi connectivity index (χ1v) is 6.91. The highest BCUT2D eigenvalue weighted by Gasteiger charge is 2.21. The molecule has 0 aliphatic rings. The van der Waals surface area contributed by atoms with E-state index in [1.54, 1.807) is 18.2 Å². The van der Waals surface area contributed by atoms with Crippen molar-refractivity contribution in [1.82, 2.24) is 9.97 Å². The Bertz CT molecular complexity index is 647. The van der Waals surface area contributed by atoms with E-state index in [0.717, 1.165) is 11.4 Å². The SMILES string of the molecule is CNc1nc(C(C)(C)C)nc(Nc2ccccc2F)c1C. The van der Waals surface area contributed by atoms with Gasteiger partial charge in [0.15, 0.2) is 0 Å². The Labute approximate surface area is 124 Å². The maximum atomic E-state index is 13.8. The predicted molar refractivity (Wildman–Crippen MR) is 84.7 cm³/mol. The zero-order valence-corrected chi connectivity index (χ0v) is 13.1. The fourth-order valence-corrected chi connectivity index (χ4v) is 1.91. The molecule has 112 valence electrons. The zero-order valence-electron chi connectivity index (χ0n) is 13.1. The summed E-state index contributed by atoms with van der Waals surface area (Å²) in [5, 5.41) is 6.13. The third-order valence-electron chi connectivity index (χ3n) is 3.18. The van der Waals surface area contributed by atoms with Crippen LogP contribution in [0.5, 0.6) is 0 Å². The lowest BCUT2D eigenvalue weighted by Crippen LogP contribution is -2.19. The number of nitrogens with one attached hydrogen (secondary N) is 2. The lowest BCUT2D eigenvalue weighted by atomic mass is 9.95. The first-order chi connectivity index (χ1) is 9.82. The second-order valence-corrected chi connectivity index (χ2v) is 5.97. The normalized spacial score (nSPS) is 11.3. The molecule has 1 aromatic heterocycles. The molecule has 0 radical (unpaired) electrons. The van der Waals surface area contributed by atoms with Gasteiger partial charge in [0.2, 0.25) is 0 Å². The van der Waals surface area contributed by atoms with Crippen LogP contribution in [0.25, 0.3) is 0 Å². The smallest absolute Gasteiger partial charge is 0.146 e. The topological polar surface area (TPSA) is 49.8 Å². The van der Waals surface area contributed by atoms with Crippen LogP contribution >= 0.6 is 0 Å². The van der Waals surface area contributed by atoms with Crippen molar-refractivity contribution in [1.29, 1.82) is 0 Å². The van der Waals surface area contributed by atoms with Crippen molar-refractivity contribution in [3.05, 3.63) is 41.5 Å². The summed E-state index contributed by atoms with van der Waals surface area (Å²) in [5.74, 6) is 1.76. The number of benzene rings is 1. The minimum absolute atomic E-state index is 0.190. The molecule has 0 fully saturated rings. The lowest BCUT2D eigenvalue weighted by molar-refractivity contribution is 0.546. The van der Waals surface area contributed by atoms with Crippen LogP contribution in [-0.2, 0) is 5.41 Å². The number of anilines is 3. The van der Waals surface area contributed by atoms with Crippen LogP contribution in [0.1, 0.15) is 32.2 Å². The highest BCUT2D eigenvalue weighted by molar-refractivity contribution is 5.65. The number of hydrogen-bond acceptors (Lipinski definition) is 4. The Morgan fingerprint density at radius 3 is 2.24 bits per heavy atom. The van der Waals surface area contributed by atoms with Crippen LogP contribution in [0.4, 0.5) is 21.7 Å². The van der Waals surface area contributed by atoms with E-state index in [-0.39, 0.29) is 11.2 Å². The molecule has 21 heavy (non-hydrogen) atoms. The van der Waals surface area contributed by atoms with Crippen LogP contribution < -0.4 is 10.6 Å². The van der Waals surface area contributed by atoms with Crippen LogP contribution in [0.15, 0.2) is 24.3 Å². The van der Waals surface area contributed by atoms with E-state index in [4.69, 9.17) is 0 Å². The van der Waals surface area contributed by atoms with Crippen LogP contribution in [0.2, 0.25) is 0 Å². The van der Waals surface area contributed by atoms with E-state index in [2.05, 4.69) is 20.6 Å². The molecule has 2 aromatic rings. The van der Waals surface area contributed by atoms with Gasteiger partial charge in [-0.1, -0.05) is 32.9 Å². The van der Waals surface area contributed by atoms with Gasteiger partial charge in [-0.2, -0.15) is 0 Å². The molecule has 0 amide bonds. The van der Waals surface area contributed by atoms with Gasteiger partial charge in [-0.25, -0.2) is 14.4 Å². The largest absolute Gasteiger partial charge is 0.373 e. The van der Waals surface area contributed by atoms with Gasteiger partial charge in [0.25, 0.3) is 0 Å². The number of nitrogens with zero attached hydrogens (tertiary/aromatic N) is 2. The van der Waals surface area contributed by atoms with Crippen molar-refractivity contribution in [2.75, 3.05) is 17.7 Å². The lowest BCUT2D eigenvalue weighted by Gasteiger charge is -2.21. The second-order valence-electron chi connectivity index (χ2n) is 5.97. The third-order valence-corrected chi connectivity index (χ3v) is 3.18. The molecule has 2 rings (SSSR count). The summed E-state index contributed by atoms with van der Waals surface area (Å²) in [6.07, 6.45) is 0. The summed E-state index contributed by atoms with van der Waals surface area (Å²) in [6, 6.07) is 6.55. The minimum atomic E-state index is -0.307. The number of hydrogen-bond donors (Lipinski definition) is 2. The average Bonchev–Trinajstić information content (AvgIpc) is 2.42. The molecular weight excluding hydrogens is 267 g/mol. The monoisotopic (exact) mass is 288 g/mol. The number of halogens is 1. The van der Waals surface area contributed by atoms with Crippen molar-refractivity contribution in [2.45, 2.75) is 33.1 Å². The van der Waals surface area contributed by atoms with Gasteiger partial charge in [0, 0.05) is 18.0 Å². The van der Waals surface area contributed by atoms with Gasteiger partial charge < -0.3 is 10.6 Å². The highest BCUT2D eigenvalue weighted by Crippen LogP contribution is 2.28. The van der Waals surface area contributed by atoms with Gasteiger partial charge >= 0.3 is 0 Å². The van der Waals surface area contributed by atoms with Crippen molar-refractivity contribution in [2.24, 2.45) is 0 Å². The van der Waals surface area contributed by atoms with Gasteiger partial charge in [-0.15, -0.1) is 0 Å². The fraction of sp³-hybridized carbons (Fsp3) is 0.375. The number of para-hydroxylation sites is 1. The summed E-state index contributed by atoms with van der Waals surface area (Å²) in [4.78, 5) is 9.09. The molecule has 1 aromatic carbocycles.